The van der Waals surface area contributed by atoms with Gasteiger partial charge in [-0.15, -0.1) is 0 Å². The monoisotopic (exact) mass is 345 g/mol. The van der Waals surface area contributed by atoms with Crippen molar-refractivity contribution >= 4 is 15.9 Å². The number of hydrogen-bond donors (Lipinski definition) is 1. The van der Waals surface area contributed by atoms with Gasteiger partial charge in [-0.3, -0.25) is 0 Å². The number of hydrogen-bond acceptors (Lipinski definition) is 4. The minimum Gasteiger partial charge on any atom is -0.496 e. The van der Waals surface area contributed by atoms with Crippen LogP contribution in [0.3, 0.4) is 0 Å². The van der Waals surface area contributed by atoms with E-state index in [4.69, 9.17) is 14.2 Å². The molecule has 0 aliphatic carbocycles. The molecule has 1 aromatic rings. The summed E-state index contributed by atoms with van der Waals surface area (Å²) < 4.78 is 16.7. The van der Waals surface area contributed by atoms with Gasteiger partial charge in [0.2, 0.25) is 0 Å². The molecule has 0 saturated carbocycles. The lowest BCUT2D eigenvalue weighted by molar-refractivity contribution is 0.199. The molecular weight excluding hydrogens is 322 g/mol. The molecule has 1 rings (SSSR count). The summed E-state index contributed by atoms with van der Waals surface area (Å²) in [5.41, 5.74) is 1.18. The summed E-state index contributed by atoms with van der Waals surface area (Å²) in [6, 6.07) is 4.01. The average molecular weight is 346 g/mol. The minimum absolute atomic E-state index is 0.762. The van der Waals surface area contributed by atoms with Gasteiger partial charge in [-0.05, 0) is 59.4 Å². The maximum Gasteiger partial charge on any atom is 0.133 e. The number of methoxy groups -OCH3 is 3. The van der Waals surface area contributed by atoms with Crippen LogP contribution in [0.4, 0.5) is 0 Å². The van der Waals surface area contributed by atoms with Crippen molar-refractivity contribution in [2.24, 2.45) is 0 Å². The summed E-state index contributed by atoms with van der Waals surface area (Å²) in [4.78, 5) is 0. The van der Waals surface area contributed by atoms with E-state index in [0.717, 1.165) is 54.9 Å². The van der Waals surface area contributed by atoms with E-state index >= 15 is 0 Å². The van der Waals surface area contributed by atoms with Crippen LogP contribution < -0.4 is 14.8 Å². The highest BCUT2D eigenvalue weighted by molar-refractivity contribution is 9.10. The highest BCUT2D eigenvalue weighted by Crippen LogP contribution is 2.33. The van der Waals surface area contributed by atoms with E-state index in [1.54, 1.807) is 21.3 Å². The van der Waals surface area contributed by atoms with E-state index in [2.05, 4.69) is 21.2 Å². The fraction of sp³-hybridized carbons (Fsp3) is 0.600. The zero-order valence-corrected chi connectivity index (χ0v) is 14.1. The molecule has 1 aromatic carbocycles. The van der Waals surface area contributed by atoms with Gasteiger partial charge in [0, 0.05) is 13.7 Å². The normalized spacial score (nSPS) is 10.6. The number of rotatable bonds is 10. The Balaban J connectivity index is 2.42. The summed E-state index contributed by atoms with van der Waals surface area (Å²) in [6.07, 6.45) is 3.23. The molecule has 0 spiro atoms. The lowest BCUT2D eigenvalue weighted by Crippen LogP contribution is -2.20. The van der Waals surface area contributed by atoms with Crippen molar-refractivity contribution in [3.05, 3.63) is 22.2 Å². The molecule has 0 amide bonds. The first-order valence-electron chi connectivity index (χ1n) is 6.83. The van der Waals surface area contributed by atoms with Gasteiger partial charge < -0.3 is 19.5 Å². The Morgan fingerprint density at radius 1 is 1.00 bits per heavy atom. The molecule has 5 heteroatoms. The van der Waals surface area contributed by atoms with E-state index in [1.165, 1.54) is 5.56 Å². The number of ether oxygens (including phenoxy) is 3. The molecule has 20 heavy (non-hydrogen) atoms. The molecule has 0 fully saturated rings. The smallest absolute Gasteiger partial charge is 0.133 e. The zero-order valence-electron chi connectivity index (χ0n) is 12.5. The molecule has 0 radical (unpaired) electrons. The molecule has 114 valence electrons. The van der Waals surface area contributed by atoms with Gasteiger partial charge in [-0.1, -0.05) is 0 Å². The van der Waals surface area contributed by atoms with Crippen molar-refractivity contribution < 1.29 is 14.2 Å². The van der Waals surface area contributed by atoms with Crippen molar-refractivity contribution in [3.8, 4) is 11.5 Å². The van der Waals surface area contributed by atoms with E-state index in [-0.39, 0.29) is 0 Å². The Kier molecular flexibility index (Phi) is 8.65. The molecule has 0 aromatic heterocycles. The van der Waals surface area contributed by atoms with E-state index in [1.807, 2.05) is 12.1 Å². The van der Waals surface area contributed by atoms with Crippen LogP contribution in [0, 0.1) is 0 Å². The first-order chi connectivity index (χ1) is 9.72. The van der Waals surface area contributed by atoms with Crippen LogP contribution in [-0.2, 0) is 11.2 Å². The lowest BCUT2D eigenvalue weighted by atomic mass is 10.1. The van der Waals surface area contributed by atoms with Crippen LogP contribution in [0.15, 0.2) is 16.6 Å². The van der Waals surface area contributed by atoms with E-state index < -0.39 is 0 Å². The largest absolute Gasteiger partial charge is 0.496 e. The van der Waals surface area contributed by atoms with Gasteiger partial charge in [-0.2, -0.15) is 0 Å². The third-order valence-electron chi connectivity index (χ3n) is 3.09. The van der Waals surface area contributed by atoms with Gasteiger partial charge in [0.15, 0.2) is 0 Å². The van der Waals surface area contributed by atoms with Crippen molar-refractivity contribution in [1.29, 1.82) is 0 Å². The molecule has 1 N–H and O–H groups in total. The molecule has 4 nitrogen and oxygen atoms in total. The van der Waals surface area contributed by atoms with Gasteiger partial charge in [-0.25, -0.2) is 0 Å². The van der Waals surface area contributed by atoms with Crippen molar-refractivity contribution in [2.75, 3.05) is 41.0 Å². The molecule has 0 atom stereocenters. The first-order valence-corrected chi connectivity index (χ1v) is 7.62. The fourth-order valence-electron chi connectivity index (χ4n) is 1.98. The van der Waals surface area contributed by atoms with E-state index in [9.17, 15) is 0 Å². The molecule has 0 heterocycles. The van der Waals surface area contributed by atoms with Gasteiger partial charge in [0.25, 0.3) is 0 Å². The molecule has 0 unspecified atom stereocenters. The van der Waals surface area contributed by atoms with Crippen LogP contribution in [0.5, 0.6) is 11.5 Å². The summed E-state index contributed by atoms with van der Waals surface area (Å²) in [5, 5.41) is 3.34. The van der Waals surface area contributed by atoms with Crippen LogP contribution >= 0.6 is 15.9 Å². The third-order valence-corrected chi connectivity index (χ3v) is 3.71. The quantitative estimate of drug-likeness (QED) is 0.661. The second-order valence-corrected chi connectivity index (χ2v) is 5.35. The number of unbranched alkanes of at least 4 members (excludes halogenated alkanes) is 1. The summed E-state index contributed by atoms with van der Waals surface area (Å²) >= 11 is 3.47. The number of benzene rings is 1. The zero-order chi connectivity index (χ0) is 14.8. The van der Waals surface area contributed by atoms with Crippen molar-refractivity contribution in [1.82, 2.24) is 5.32 Å². The summed E-state index contributed by atoms with van der Waals surface area (Å²) in [6.45, 7) is 2.68. The third kappa shape index (κ3) is 5.69. The number of halogens is 1. The van der Waals surface area contributed by atoms with Crippen LogP contribution in [0.1, 0.15) is 18.4 Å². The minimum atomic E-state index is 0.762. The standard InChI is InChI=1S/C15H24BrNO3/c1-18-9-8-17-7-5-4-6-12-10-15(20-3)13(16)11-14(12)19-2/h10-11,17H,4-9H2,1-3H3. The average Bonchev–Trinajstić information content (AvgIpc) is 2.47. The maximum absolute atomic E-state index is 5.42. The Morgan fingerprint density at radius 2 is 1.75 bits per heavy atom. The highest BCUT2D eigenvalue weighted by atomic mass is 79.9. The lowest BCUT2D eigenvalue weighted by Gasteiger charge is -2.12. The Bertz CT molecular complexity index is 399. The predicted octanol–water partition coefficient (Wildman–Crippen LogP) is 3.03. The Hall–Kier alpha value is -0.780. The van der Waals surface area contributed by atoms with Gasteiger partial charge in [0.05, 0.1) is 25.3 Å². The maximum atomic E-state index is 5.42. The Labute approximate surface area is 129 Å². The second kappa shape index (κ2) is 10.0. The molecular formula is C15H24BrNO3. The topological polar surface area (TPSA) is 39.7 Å². The SMILES string of the molecule is COCCNCCCCc1cc(OC)c(Br)cc1OC. The Morgan fingerprint density at radius 3 is 2.40 bits per heavy atom. The van der Waals surface area contributed by atoms with Crippen LogP contribution in [-0.4, -0.2) is 41.0 Å². The van der Waals surface area contributed by atoms with Crippen molar-refractivity contribution in [2.45, 2.75) is 19.3 Å². The van der Waals surface area contributed by atoms with Crippen LogP contribution in [0.2, 0.25) is 0 Å². The fourth-order valence-corrected chi connectivity index (χ4v) is 2.47. The number of nitrogens with one attached hydrogen (secondary N) is 1. The molecule has 0 saturated heterocycles. The molecule has 0 bridgehead atoms. The van der Waals surface area contributed by atoms with Gasteiger partial charge >= 0.3 is 0 Å². The van der Waals surface area contributed by atoms with Crippen molar-refractivity contribution in [3.63, 3.8) is 0 Å². The van der Waals surface area contributed by atoms with Gasteiger partial charge in [0.1, 0.15) is 11.5 Å². The summed E-state index contributed by atoms with van der Waals surface area (Å²) in [7, 11) is 5.09. The number of aryl methyl sites for hydroxylation is 1. The first kappa shape index (κ1) is 17.3. The van der Waals surface area contributed by atoms with E-state index in [0.29, 0.717) is 0 Å². The van der Waals surface area contributed by atoms with Crippen LogP contribution in [0.25, 0.3) is 0 Å². The molecule has 0 aliphatic heterocycles. The predicted molar refractivity (Wildman–Crippen MR) is 84.9 cm³/mol. The second-order valence-electron chi connectivity index (χ2n) is 4.50. The summed E-state index contributed by atoms with van der Waals surface area (Å²) in [5.74, 6) is 1.75. The molecule has 0 aliphatic rings. The highest BCUT2D eigenvalue weighted by Gasteiger charge is 2.09.